The molecule has 2 aromatic rings. The van der Waals surface area contributed by atoms with Crippen LogP contribution in [-0.2, 0) is 0 Å². The molecule has 0 aliphatic carbocycles. The van der Waals surface area contributed by atoms with Crippen LogP contribution in [0, 0.1) is 5.82 Å². The molecule has 1 unspecified atom stereocenters. The number of rotatable bonds is 2. The zero-order valence-electron chi connectivity index (χ0n) is 11.1. The van der Waals surface area contributed by atoms with Gasteiger partial charge >= 0.3 is 0 Å². The summed E-state index contributed by atoms with van der Waals surface area (Å²) in [5.41, 5.74) is 1.73. The van der Waals surface area contributed by atoms with Crippen LogP contribution < -0.4 is 0 Å². The summed E-state index contributed by atoms with van der Waals surface area (Å²) >= 11 is 0. The van der Waals surface area contributed by atoms with Crippen LogP contribution in [0.15, 0.2) is 30.5 Å². The second-order valence-corrected chi connectivity index (χ2v) is 5.18. The summed E-state index contributed by atoms with van der Waals surface area (Å²) in [6, 6.07) is 6.96. The predicted octanol–water partition coefficient (Wildman–Crippen LogP) is 3.37. The Morgan fingerprint density at radius 1 is 1.37 bits per heavy atom. The minimum absolute atomic E-state index is 0.219. The molecule has 1 aromatic heterocycles. The summed E-state index contributed by atoms with van der Waals surface area (Å²) in [4.78, 5) is 10.1. The van der Waals surface area contributed by atoms with Crippen molar-refractivity contribution in [3.8, 4) is 11.3 Å². The maximum atomic E-state index is 13.2. The van der Waals surface area contributed by atoms with Crippen molar-refractivity contribution in [2.75, 3.05) is 13.6 Å². The SMILES string of the molecule is CN1CCCCC1c1ncc(-c2cccc(F)c2)[nH]1. The number of benzene rings is 1. The highest BCUT2D eigenvalue weighted by Crippen LogP contribution is 2.29. The molecule has 0 amide bonds. The van der Waals surface area contributed by atoms with E-state index in [9.17, 15) is 4.39 Å². The first-order chi connectivity index (χ1) is 9.24. The Labute approximate surface area is 112 Å². The van der Waals surface area contributed by atoms with Crippen LogP contribution in [0.25, 0.3) is 11.3 Å². The van der Waals surface area contributed by atoms with Gasteiger partial charge in [0, 0.05) is 5.56 Å². The number of likely N-dealkylation sites (tertiary alicyclic amines) is 1. The molecule has 3 rings (SSSR count). The number of nitrogens with one attached hydrogen (secondary N) is 1. The average Bonchev–Trinajstić information content (AvgIpc) is 2.89. The van der Waals surface area contributed by atoms with Crippen molar-refractivity contribution in [2.45, 2.75) is 25.3 Å². The predicted molar refractivity (Wildman–Crippen MR) is 73.2 cm³/mol. The number of piperidine rings is 1. The first-order valence-electron chi connectivity index (χ1n) is 6.75. The lowest BCUT2D eigenvalue weighted by atomic mass is 10.0. The first-order valence-corrected chi connectivity index (χ1v) is 6.75. The lowest BCUT2D eigenvalue weighted by Gasteiger charge is -2.30. The molecule has 2 heterocycles. The third-order valence-electron chi connectivity index (χ3n) is 3.82. The molecular formula is C15H18FN3. The van der Waals surface area contributed by atoms with Crippen molar-refractivity contribution < 1.29 is 4.39 Å². The fourth-order valence-corrected chi connectivity index (χ4v) is 2.73. The maximum Gasteiger partial charge on any atom is 0.123 e. The van der Waals surface area contributed by atoms with Gasteiger partial charge < -0.3 is 4.98 Å². The molecule has 0 bridgehead atoms. The highest BCUT2D eigenvalue weighted by molar-refractivity contribution is 5.58. The number of nitrogens with zero attached hydrogens (tertiary/aromatic N) is 2. The van der Waals surface area contributed by atoms with Crippen molar-refractivity contribution >= 4 is 0 Å². The molecule has 1 saturated heterocycles. The van der Waals surface area contributed by atoms with E-state index in [0.717, 1.165) is 30.0 Å². The van der Waals surface area contributed by atoms with Gasteiger partial charge in [0.2, 0.25) is 0 Å². The molecule has 4 heteroatoms. The molecule has 1 N–H and O–H groups in total. The third kappa shape index (κ3) is 2.54. The molecule has 0 saturated carbocycles. The molecule has 1 aromatic carbocycles. The van der Waals surface area contributed by atoms with Crippen LogP contribution >= 0.6 is 0 Å². The zero-order valence-corrected chi connectivity index (χ0v) is 11.1. The van der Waals surface area contributed by atoms with Gasteiger partial charge in [-0.1, -0.05) is 18.6 Å². The van der Waals surface area contributed by atoms with Gasteiger partial charge in [0.05, 0.1) is 17.9 Å². The maximum absolute atomic E-state index is 13.2. The van der Waals surface area contributed by atoms with E-state index in [4.69, 9.17) is 0 Å². The first kappa shape index (κ1) is 12.4. The van der Waals surface area contributed by atoms with Crippen LogP contribution in [-0.4, -0.2) is 28.5 Å². The molecule has 100 valence electrons. The minimum Gasteiger partial charge on any atom is -0.341 e. The summed E-state index contributed by atoms with van der Waals surface area (Å²) in [6.45, 7) is 1.11. The highest BCUT2D eigenvalue weighted by Gasteiger charge is 2.23. The summed E-state index contributed by atoms with van der Waals surface area (Å²) in [5, 5.41) is 0. The van der Waals surface area contributed by atoms with Gasteiger partial charge in [-0.15, -0.1) is 0 Å². The molecule has 0 radical (unpaired) electrons. The van der Waals surface area contributed by atoms with Crippen molar-refractivity contribution in [1.82, 2.24) is 14.9 Å². The van der Waals surface area contributed by atoms with Crippen LogP contribution in [0.3, 0.4) is 0 Å². The lowest BCUT2D eigenvalue weighted by Crippen LogP contribution is -2.30. The van der Waals surface area contributed by atoms with Crippen LogP contribution in [0.4, 0.5) is 4.39 Å². The van der Waals surface area contributed by atoms with Crippen molar-refractivity contribution in [3.63, 3.8) is 0 Å². The largest absolute Gasteiger partial charge is 0.341 e. The van der Waals surface area contributed by atoms with Gasteiger partial charge in [-0.3, -0.25) is 4.90 Å². The third-order valence-corrected chi connectivity index (χ3v) is 3.82. The zero-order chi connectivity index (χ0) is 13.2. The highest BCUT2D eigenvalue weighted by atomic mass is 19.1. The van der Waals surface area contributed by atoms with Crippen LogP contribution in [0.2, 0.25) is 0 Å². The number of aromatic amines is 1. The van der Waals surface area contributed by atoms with Gasteiger partial charge in [0.15, 0.2) is 0 Å². The Kier molecular flexibility index (Phi) is 3.34. The summed E-state index contributed by atoms with van der Waals surface area (Å²) < 4.78 is 13.2. The van der Waals surface area contributed by atoms with Gasteiger partial charge in [-0.25, -0.2) is 9.37 Å². The second kappa shape index (κ2) is 5.13. The Morgan fingerprint density at radius 3 is 3.05 bits per heavy atom. The molecular weight excluding hydrogens is 241 g/mol. The van der Waals surface area contributed by atoms with Crippen molar-refractivity contribution in [1.29, 1.82) is 0 Å². The lowest BCUT2D eigenvalue weighted by molar-refractivity contribution is 0.180. The van der Waals surface area contributed by atoms with E-state index in [2.05, 4.69) is 21.9 Å². The standard InChI is InChI=1S/C15H18FN3/c1-19-8-3-2-7-14(19)15-17-10-13(18-15)11-5-4-6-12(16)9-11/h4-6,9-10,14H,2-3,7-8H2,1H3,(H,17,18). The van der Waals surface area contributed by atoms with E-state index in [0.29, 0.717) is 6.04 Å². The smallest absolute Gasteiger partial charge is 0.123 e. The number of imidazole rings is 1. The Bertz CT molecular complexity index is 564. The van der Waals surface area contributed by atoms with E-state index in [-0.39, 0.29) is 5.82 Å². The van der Waals surface area contributed by atoms with Crippen molar-refractivity contribution in [2.24, 2.45) is 0 Å². The number of halogens is 1. The fourth-order valence-electron chi connectivity index (χ4n) is 2.73. The van der Waals surface area contributed by atoms with Gasteiger partial charge in [0.25, 0.3) is 0 Å². The number of aromatic nitrogens is 2. The molecule has 3 nitrogen and oxygen atoms in total. The van der Waals surface area contributed by atoms with E-state index in [1.165, 1.54) is 25.0 Å². The fraction of sp³-hybridized carbons (Fsp3) is 0.400. The van der Waals surface area contributed by atoms with Crippen LogP contribution in [0.5, 0.6) is 0 Å². The number of hydrogen-bond acceptors (Lipinski definition) is 2. The summed E-state index contributed by atoms with van der Waals surface area (Å²) in [5.74, 6) is 0.768. The van der Waals surface area contributed by atoms with E-state index >= 15 is 0 Å². The molecule has 1 fully saturated rings. The normalized spacial score (nSPS) is 20.6. The van der Waals surface area contributed by atoms with Crippen molar-refractivity contribution in [3.05, 3.63) is 42.1 Å². The summed E-state index contributed by atoms with van der Waals surface area (Å²) in [6.07, 6.45) is 5.43. The number of hydrogen-bond donors (Lipinski definition) is 1. The molecule has 1 atom stereocenters. The van der Waals surface area contributed by atoms with E-state index < -0.39 is 0 Å². The van der Waals surface area contributed by atoms with E-state index in [1.54, 1.807) is 12.3 Å². The Morgan fingerprint density at radius 2 is 2.26 bits per heavy atom. The molecule has 0 spiro atoms. The Hall–Kier alpha value is -1.68. The number of H-pyrrole nitrogens is 1. The van der Waals surface area contributed by atoms with Gasteiger partial charge in [0.1, 0.15) is 11.6 Å². The monoisotopic (exact) mass is 259 g/mol. The van der Waals surface area contributed by atoms with E-state index in [1.807, 2.05) is 6.07 Å². The van der Waals surface area contributed by atoms with Gasteiger partial charge in [-0.2, -0.15) is 0 Å². The Balaban J connectivity index is 1.86. The minimum atomic E-state index is -0.219. The van der Waals surface area contributed by atoms with Gasteiger partial charge in [-0.05, 0) is 38.6 Å². The summed E-state index contributed by atoms with van der Waals surface area (Å²) in [7, 11) is 2.13. The van der Waals surface area contributed by atoms with Crippen LogP contribution in [0.1, 0.15) is 31.1 Å². The average molecular weight is 259 g/mol. The second-order valence-electron chi connectivity index (χ2n) is 5.18. The molecule has 1 aliphatic heterocycles. The molecule has 19 heavy (non-hydrogen) atoms. The molecule has 1 aliphatic rings. The quantitative estimate of drug-likeness (QED) is 0.896. The topological polar surface area (TPSA) is 31.9 Å².